The first-order valence-electron chi connectivity index (χ1n) is 4.77. The third-order valence-corrected chi connectivity index (χ3v) is 2.76. The van der Waals surface area contributed by atoms with Gasteiger partial charge in [0.15, 0.2) is 6.29 Å². The number of aldehydes is 1. The van der Waals surface area contributed by atoms with Crippen molar-refractivity contribution in [2.75, 3.05) is 0 Å². The summed E-state index contributed by atoms with van der Waals surface area (Å²) in [5.74, 6) is 0.671. The third-order valence-electron chi connectivity index (χ3n) is 2.17. The molecule has 0 saturated carbocycles. The lowest BCUT2D eigenvalue weighted by molar-refractivity contribution is -0.104. The van der Waals surface area contributed by atoms with E-state index in [9.17, 15) is 4.79 Å². The predicted molar refractivity (Wildman–Crippen MR) is 66.2 cm³/mol. The molecule has 0 radical (unpaired) electrons. The molecular weight excluding hydrogens is 268 g/mol. The van der Waals surface area contributed by atoms with Gasteiger partial charge in [-0.05, 0) is 33.6 Å². The van der Waals surface area contributed by atoms with E-state index in [-0.39, 0.29) is 0 Å². The van der Waals surface area contributed by atoms with Crippen LogP contribution in [0.15, 0.2) is 57.6 Å². The maximum Gasteiger partial charge on any atom is 0.157 e. The number of furan rings is 1. The Balaban J connectivity index is 2.58. The normalized spacial score (nSPS) is 12.1. The highest BCUT2D eigenvalue weighted by Gasteiger charge is 2.11. The van der Waals surface area contributed by atoms with Gasteiger partial charge in [-0.3, -0.25) is 4.79 Å². The Bertz CT molecular complexity index is 498. The zero-order chi connectivity index (χ0) is 11.4. The summed E-state index contributed by atoms with van der Waals surface area (Å²) >= 11 is 3.25. The highest BCUT2D eigenvalue weighted by atomic mass is 79.9. The molecule has 0 aliphatic rings. The monoisotopic (exact) mass is 276 g/mol. The minimum Gasteiger partial charge on any atom is -0.464 e. The molecule has 0 unspecified atom stereocenters. The van der Waals surface area contributed by atoms with Gasteiger partial charge in [-0.15, -0.1) is 0 Å². The van der Waals surface area contributed by atoms with Crippen molar-refractivity contribution in [2.24, 2.45) is 0 Å². The van der Waals surface area contributed by atoms with Gasteiger partial charge in [0, 0.05) is 5.57 Å². The first-order valence-corrected chi connectivity index (χ1v) is 5.56. The summed E-state index contributed by atoms with van der Waals surface area (Å²) in [6.45, 7) is 0. The van der Waals surface area contributed by atoms with Gasteiger partial charge >= 0.3 is 0 Å². The van der Waals surface area contributed by atoms with E-state index < -0.39 is 0 Å². The van der Waals surface area contributed by atoms with Crippen molar-refractivity contribution >= 4 is 27.8 Å². The van der Waals surface area contributed by atoms with Crippen LogP contribution in [0.2, 0.25) is 0 Å². The second kappa shape index (κ2) is 4.94. The van der Waals surface area contributed by atoms with E-state index in [0.717, 1.165) is 17.4 Å². The summed E-state index contributed by atoms with van der Waals surface area (Å²) in [4.78, 5) is 10.9. The summed E-state index contributed by atoms with van der Waals surface area (Å²) in [6, 6.07) is 13.3. The summed E-state index contributed by atoms with van der Waals surface area (Å²) < 4.78 is 5.81. The molecule has 0 atom stereocenters. The van der Waals surface area contributed by atoms with E-state index in [1.165, 1.54) is 0 Å². The summed E-state index contributed by atoms with van der Waals surface area (Å²) in [5.41, 5.74) is 1.71. The average Bonchev–Trinajstić information content (AvgIpc) is 2.84. The van der Waals surface area contributed by atoms with Gasteiger partial charge in [-0.1, -0.05) is 30.3 Å². The molecular formula is C13H9BrO2. The molecule has 16 heavy (non-hydrogen) atoms. The van der Waals surface area contributed by atoms with Gasteiger partial charge in [0.2, 0.25) is 0 Å². The summed E-state index contributed by atoms with van der Waals surface area (Å²) in [5, 5.41) is 0. The molecule has 80 valence electrons. The van der Waals surface area contributed by atoms with E-state index in [0.29, 0.717) is 10.2 Å². The second-order valence-electron chi connectivity index (χ2n) is 3.18. The quantitative estimate of drug-likeness (QED) is 0.633. The second-order valence-corrected chi connectivity index (χ2v) is 4.04. The fourth-order valence-corrected chi connectivity index (χ4v) is 1.91. The molecule has 0 aliphatic heterocycles. The van der Waals surface area contributed by atoms with Crippen LogP contribution in [0.4, 0.5) is 0 Å². The topological polar surface area (TPSA) is 30.2 Å². The number of benzene rings is 1. The molecule has 0 bridgehead atoms. The molecule has 1 aromatic heterocycles. The number of halogens is 1. The fraction of sp³-hybridized carbons (Fsp3) is 0. The summed E-state index contributed by atoms with van der Waals surface area (Å²) in [7, 11) is 0. The van der Waals surface area contributed by atoms with E-state index in [2.05, 4.69) is 15.9 Å². The van der Waals surface area contributed by atoms with Crippen molar-refractivity contribution in [3.63, 3.8) is 0 Å². The predicted octanol–water partition coefficient (Wildman–Crippen LogP) is 3.63. The molecule has 0 N–H and O–H groups in total. The van der Waals surface area contributed by atoms with Crippen molar-refractivity contribution in [1.29, 1.82) is 0 Å². The van der Waals surface area contributed by atoms with Crippen molar-refractivity contribution in [3.8, 4) is 0 Å². The largest absolute Gasteiger partial charge is 0.464 e. The van der Waals surface area contributed by atoms with Gasteiger partial charge in [0.25, 0.3) is 0 Å². The maximum atomic E-state index is 10.9. The van der Waals surface area contributed by atoms with Gasteiger partial charge < -0.3 is 4.42 Å². The van der Waals surface area contributed by atoms with Gasteiger partial charge in [0.05, 0.1) is 10.7 Å². The highest BCUT2D eigenvalue weighted by molar-refractivity contribution is 9.12. The van der Waals surface area contributed by atoms with Crippen LogP contribution in [0.1, 0.15) is 11.3 Å². The van der Waals surface area contributed by atoms with Crippen LogP contribution in [0.25, 0.3) is 5.57 Å². The Hall–Kier alpha value is -1.61. The molecule has 0 fully saturated rings. The fourth-order valence-electron chi connectivity index (χ4n) is 1.48. The number of carbonyl (C=O) groups excluding carboxylic acids is 1. The van der Waals surface area contributed by atoms with Gasteiger partial charge in [-0.25, -0.2) is 0 Å². The van der Waals surface area contributed by atoms with E-state index in [1.807, 2.05) is 36.4 Å². The lowest BCUT2D eigenvalue weighted by atomic mass is 10.0. The molecule has 1 aromatic carbocycles. The van der Waals surface area contributed by atoms with Crippen molar-refractivity contribution in [1.82, 2.24) is 0 Å². The number of hydrogen-bond donors (Lipinski definition) is 0. The van der Waals surface area contributed by atoms with Crippen molar-refractivity contribution < 1.29 is 9.21 Å². The van der Waals surface area contributed by atoms with Gasteiger partial charge in [-0.2, -0.15) is 0 Å². The Labute approximate surface area is 102 Å². The molecule has 2 rings (SSSR count). The van der Waals surface area contributed by atoms with Crippen LogP contribution >= 0.6 is 15.9 Å². The molecule has 3 heteroatoms. The van der Waals surface area contributed by atoms with Crippen LogP contribution in [0, 0.1) is 0 Å². The maximum absolute atomic E-state index is 10.9. The molecule has 0 spiro atoms. The van der Waals surface area contributed by atoms with E-state index in [1.54, 1.807) is 12.3 Å². The van der Waals surface area contributed by atoms with Crippen molar-refractivity contribution in [3.05, 3.63) is 64.5 Å². The first kappa shape index (κ1) is 10.9. The smallest absolute Gasteiger partial charge is 0.157 e. The van der Waals surface area contributed by atoms with Crippen LogP contribution in [0.3, 0.4) is 0 Å². The minimum atomic E-state index is 0.480. The molecule has 1 heterocycles. The lowest BCUT2D eigenvalue weighted by Crippen LogP contribution is -1.89. The van der Waals surface area contributed by atoms with Crippen LogP contribution in [-0.2, 0) is 4.79 Å². The van der Waals surface area contributed by atoms with Crippen LogP contribution in [0.5, 0.6) is 0 Å². The van der Waals surface area contributed by atoms with Crippen molar-refractivity contribution in [2.45, 2.75) is 0 Å². The summed E-state index contributed by atoms with van der Waals surface area (Å²) in [6.07, 6.45) is 2.36. The Kier molecular flexibility index (Phi) is 3.37. The molecule has 2 nitrogen and oxygen atoms in total. The van der Waals surface area contributed by atoms with Crippen LogP contribution in [-0.4, -0.2) is 6.29 Å². The van der Waals surface area contributed by atoms with E-state index in [4.69, 9.17) is 4.42 Å². The van der Waals surface area contributed by atoms with Crippen LogP contribution < -0.4 is 0 Å². The molecule has 0 amide bonds. The number of rotatable bonds is 3. The third kappa shape index (κ3) is 2.14. The Morgan fingerprint density at radius 3 is 2.44 bits per heavy atom. The average molecular weight is 277 g/mol. The number of allylic oxidation sites excluding steroid dienone is 1. The molecule has 0 aliphatic carbocycles. The zero-order valence-corrected chi connectivity index (χ0v) is 9.98. The number of carbonyl (C=O) groups is 1. The standard InChI is InChI=1S/C13H9BrO2/c14-11(9-15)13(12-7-4-8-16-12)10-5-2-1-3-6-10/h1-9H. The minimum absolute atomic E-state index is 0.480. The molecule has 0 saturated heterocycles. The Morgan fingerprint density at radius 1 is 1.12 bits per heavy atom. The van der Waals surface area contributed by atoms with E-state index >= 15 is 0 Å². The number of hydrogen-bond acceptors (Lipinski definition) is 2. The molecule has 2 aromatic rings. The SMILES string of the molecule is O=CC(Br)=C(c1ccccc1)c1ccco1. The first-order chi connectivity index (χ1) is 7.83. The van der Waals surface area contributed by atoms with Gasteiger partial charge in [0.1, 0.15) is 5.76 Å². The zero-order valence-electron chi connectivity index (χ0n) is 8.39. The Morgan fingerprint density at radius 2 is 1.88 bits per heavy atom. The lowest BCUT2D eigenvalue weighted by Gasteiger charge is -2.05. The highest BCUT2D eigenvalue weighted by Crippen LogP contribution is 2.28.